The maximum atomic E-state index is 11.8. The van der Waals surface area contributed by atoms with E-state index < -0.39 is 17.8 Å². The van der Waals surface area contributed by atoms with Crippen molar-refractivity contribution < 1.29 is 14.6 Å². The Hall–Kier alpha value is -0.820. The summed E-state index contributed by atoms with van der Waals surface area (Å²) in [5.41, 5.74) is 1.51. The Balaban J connectivity index is 2.14. The molecule has 0 unspecified atom stereocenters. The normalized spacial score (nSPS) is 21.9. The number of carbonyl (C=O) groups is 1. The summed E-state index contributed by atoms with van der Waals surface area (Å²) in [4.78, 5) is 11.8. The van der Waals surface area contributed by atoms with E-state index >= 15 is 0 Å². The summed E-state index contributed by atoms with van der Waals surface area (Å²) in [6, 6.07) is 5.60. The maximum absolute atomic E-state index is 11.8. The Kier molecular flexibility index (Phi) is 4.06. The fourth-order valence-corrected chi connectivity index (χ4v) is 2.72. The average Bonchev–Trinajstić information content (AvgIpc) is 2.53. The highest BCUT2D eigenvalue weighted by atomic mass is 127. The van der Waals surface area contributed by atoms with Gasteiger partial charge in [-0.25, -0.2) is 4.79 Å². The lowest BCUT2D eigenvalue weighted by atomic mass is 10.1. The smallest absolute Gasteiger partial charge is 0.408 e. The van der Waals surface area contributed by atoms with Crippen LogP contribution in [-0.2, 0) is 11.2 Å². The number of carbonyl (C=O) groups excluding carboxylic acids is 1. The van der Waals surface area contributed by atoms with Crippen LogP contribution < -0.4 is 5.32 Å². The Morgan fingerprint density at radius 2 is 2.16 bits per heavy atom. The predicted molar refractivity (Wildman–Crippen MR) is 81.0 cm³/mol. The summed E-state index contributed by atoms with van der Waals surface area (Å²) >= 11 is 2.22. The maximum Gasteiger partial charge on any atom is 0.408 e. The number of fused-ring (bicyclic) bond motifs is 1. The van der Waals surface area contributed by atoms with E-state index in [4.69, 9.17) is 4.74 Å². The molecule has 0 bridgehead atoms. The molecule has 1 aliphatic carbocycles. The lowest BCUT2D eigenvalue weighted by Crippen LogP contribution is -2.38. The number of hydrogen-bond acceptors (Lipinski definition) is 3. The first-order valence-corrected chi connectivity index (χ1v) is 7.30. The van der Waals surface area contributed by atoms with Crippen LogP contribution in [0, 0.1) is 3.57 Å². The minimum Gasteiger partial charge on any atom is -0.444 e. The molecule has 1 aliphatic rings. The van der Waals surface area contributed by atoms with Gasteiger partial charge in [0.1, 0.15) is 5.60 Å². The Morgan fingerprint density at radius 1 is 1.47 bits per heavy atom. The van der Waals surface area contributed by atoms with Crippen LogP contribution in [0.2, 0.25) is 0 Å². The Labute approximate surface area is 126 Å². The first-order valence-electron chi connectivity index (χ1n) is 6.22. The monoisotopic (exact) mass is 375 g/mol. The number of alkyl carbamates (subject to hydrolysis) is 1. The molecule has 5 heteroatoms. The summed E-state index contributed by atoms with van der Waals surface area (Å²) in [6.07, 6.45) is -0.531. The van der Waals surface area contributed by atoms with Crippen molar-refractivity contribution >= 4 is 28.7 Å². The minimum absolute atomic E-state index is 0.389. The highest BCUT2D eigenvalue weighted by Crippen LogP contribution is 2.32. The number of benzene rings is 1. The van der Waals surface area contributed by atoms with E-state index in [1.54, 1.807) is 0 Å². The van der Waals surface area contributed by atoms with Crippen LogP contribution in [0.25, 0.3) is 0 Å². The molecule has 1 aromatic carbocycles. The molecule has 0 radical (unpaired) electrons. The molecule has 0 fully saturated rings. The number of amides is 1. The standard InChI is InChI=1S/C14H18INO3/c1-14(2,3)19-13(18)16-12-10-7-9(15)5-4-8(10)6-11(12)17/h4-5,7,11-12,17H,6H2,1-3H3,(H,16,18)/t11-,12-/m1/s1. The molecular formula is C14H18INO3. The Bertz CT molecular complexity index is 496. The summed E-state index contributed by atoms with van der Waals surface area (Å²) < 4.78 is 6.31. The van der Waals surface area contributed by atoms with Crippen LogP contribution in [0.4, 0.5) is 4.79 Å². The molecule has 1 amide bonds. The molecule has 0 aromatic heterocycles. The molecule has 0 heterocycles. The lowest BCUT2D eigenvalue weighted by Gasteiger charge is -2.23. The lowest BCUT2D eigenvalue weighted by molar-refractivity contribution is 0.0438. The number of ether oxygens (including phenoxy) is 1. The third-order valence-electron chi connectivity index (χ3n) is 2.93. The molecule has 0 spiro atoms. The van der Waals surface area contributed by atoms with Crippen molar-refractivity contribution in [2.75, 3.05) is 0 Å². The third-order valence-corrected chi connectivity index (χ3v) is 3.60. The van der Waals surface area contributed by atoms with Crippen LogP contribution in [0.3, 0.4) is 0 Å². The van der Waals surface area contributed by atoms with Gasteiger partial charge in [0.05, 0.1) is 12.1 Å². The summed E-state index contributed by atoms with van der Waals surface area (Å²) in [5.74, 6) is 0. The number of nitrogens with one attached hydrogen (secondary N) is 1. The highest BCUT2D eigenvalue weighted by Gasteiger charge is 2.33. The molecule has 2 N–H and O–H groups in total. The molecule has 0 saturated carbocycles. The van der Waals surface area contributed by atoms with E-state index in [1.807, 2.05) is 39.0 Å². The first kappa shape index (κ1) is 14.6. The van der Waals surface area contributed by atoms with E-state index in [-0.39, 0.29) is 6.04 Å². The predicted octanol–water partition coefficient (Wildman–Crippen LogP) is 2.77. The van der Waals surface area contributed by atoms with E-state index in [0.29, 0.717) is 6.42 Å². The van der Waals surface area contributed by atoms with Gasteiger partial charge in [0.15, 0.2) is 0 Å². The average molecular weight is 375 g/mol. The molecule has 104 valence electrons. The second-order valence-electron chi connectivity index (χ2n) is 5.74. The number of rotatable bonds is 1. The summed E-state index contributed by atoms with van der Waals surface area (Å²) in [7, 11) is 0. The quantitative estimate of drug-likeness (QED) is 0.743. The number of aliphatic hydroxyl groups excluding tert-OH is 1. The third kappa shape index (κ3) is 3.60. The minimum atomic E-state index is -0.597. The van der Waals surface area contributed by atoms with Crippen molar-refractivity contribution in [1.29, 1.82) is 0 Å². The molecule has 4 nitrogen and oxygen atoms in total. The topological polar surface area (TPSA) is 58.6 Å². The van der Waals surface area contributed by atoms with Gasteiger partial charge in [-0.15, -0.1) is 0 Å². The molecule has 19 heavy (non-hydrogen) atoms. The van der Waals surface area contributed by atoms with E-state index in [1.165, 1.54) is 0 Å². The summed E-state index contributed by atoms with van der Waals surface area (Å²) in [6.45, 7) is 5.44. The summed E-state index contributed by atoms with van der Waals surface area (Å²) in [5, 5.41) is 12.8. The van der Waals surface area contributed by atoms with Crippen molar-refractivity contribution in [2.24, 2.45) is 0 Å². The highest BCUT2D eigenvalue weighted by molar-refractivity contribution is 14.1. The van der Waals surface area contributed by atoms with Crippen LogP contribution >= 0.6 is 22.6 Å². The van der Waals surface area contributed by atoms with Crippen molar-refractivity contribution in [2.45, 2.75) is 44.9 Å². The van der Waals surface area contributed by atoms with Gasteiger partial charge in [-0.05, 0) is 66.6 Å². The fourth-order valence-electron chi connectivity index (χ4n) is 2.20. The van der Waals surface area contributed by atoms with E-state index in [2.05, 4.69) is 27.9 Å². The van der Waals surface area contributed by atoms with Gasteiger partial charge in [0.2, 0.25) is 0 Å². The van der Waals surface area contributed by atoms with Gasteiger partial charge >= 0.3 is 6.09 Å². The zero-order valence-electron chi connectivity index (χ0n) is 11.2. The fraction of sp³-hybridized carbons (Fsp3) is 0.500. The molecule has 0 saturated heterocycles. The van der Waals surface area contributed by atoms with Gasteiger partial charge in [0.25, 0.3) is 0 Å². The zero-order chi connectivity index (χ0) is 14.2. The van der Waals surface area contributed by atoms with Crippen LogP contribution in [0.1, 0.15) is 37.9 Å². The molecular weight excluding hydrogens is 357 g/mol. The SMILES string of the molecule is CC(C)(C)OC(=O)N[C@@H]1c2cc(I)ccc2C[C@H]1O. The second-order valence-corrected chi connectivity index (χ2v) is 6.98. The molecule has 2 atom stereocenters. The molecule has 2 rings (SSSR count). The van der Waals surface area contributed by atoms with Gasteiger partial charge in [-0.2, -0.15) is 0 Å². The van der Waals surface area contributed by atoms with Crippen LogP contribution in [0.5, 0.6) is 0 Å². The van der Waals surface area contributed by atoms with Gasteiger partial charge in [0, 0.05) is 9.99 Å². The number of hydrogen-bond donors (Lipinski definition) is 2. The second kappa shape index (κ2) is 5.28. The van der Waals surface area contributed by atoms with E-state index in [0.717, 1.165) is 14.7 Å². The van der Waals surface area contributed by atoms with Gasteiger partial charge in [-0.1, -0.05) is 6.07 Å². The molecule has 0 aliphatic heterocycles. The van der Waals surface area contributed by atoms with Crippen LogP contribution in [-0.4, -0.2) is 22.9 Å². The Morgan fingerprint density at radius 3 is 2.79 bits per heavy atom. The number of halogens is 1. The van der Waals surface area contributed by atoms with Gasteiger partial charge in [-0.3, -0.25) is 0 Å². The van der Waals surface area contributed by atoms with Crippen molar-refractivity contribution in [3.63, 3.8) is 0 Å². The van der Waals surface area contributed by atoms with Crippen LogP contribution in [0.15, 0.2) is 18.2 Å². The number of aliphatic hydroxyl groups is 1. The van der Waals surface area contributed by atoms with Crippen molar-refractivity contribution in [3.05, 3.63) is 32.9 Å². The van der Waals surface area contributed by atoms with Gasteiger partial charge < -0.3 is 15.2 Å². The van der Waals surface area contributed by atoms with E-state index in [9.17, 15) is 9.90 Å². The van der Waals surface area contributed by atoms with Crippen molar-refractivity contribution in [1.82, 2.24) is 5.32 Å². The zero-order valence-corrected chi connectivity index (χ0v) is 13.4. The van der Waals surface area contributed by atoms with Crippen molar-refractivity contribution in [3.8, 4) is 0 Å². The molecule has 1 aromatic rings. The largest absolute Gasteiger partial charge is 0.444 e. The first-order chi connectivity index (χ1) is 8.76.